The van der Waals surface area contributed by atoms with Crippen molar-refractivity contribution in [2.45, 2.75) is 0 Å². The molecule has 0 fully saturated rings. The minimum absolute atomic E-state index is 0.914. The van der Waals surface area contributed by atoms with Crippen LogP contribution >= 0.6 is 11.3 Å². The van der Waals surface area contributed by atoms with E-state index in [1.807, 2.05) is 29.5 Å². The Morgan fingerprint density at radius 2 is 0.804 bits per heavy atom. The van der Waals surface area contributed by atoms with Crippen molar-refractivity contribution in [2.24, 2.45) is 0 Å². The first-order chi connectivity index (χ1) is 25.3. The average molecular weight is 667 g/mol. The molecule has 12 rings (SSSR count). The fourth-order valence-electron chi connectivity index (χ4n) is 8.65. The molecule has 0 aliphatic carbocycles. The van der Waals surface area contributed by atoms with E-state index in [1.165, 1.54) is 74.7 Å². The van der Waals surface area contributed by atoms with Crippen LogP contribution in [0.3, 0.4) is 0 Å². The number of benzene rings is 9. The molecule has 0 atom stereocenters. The van der Waals surface area contributed by atoms with Gasteiger partial charge in [0, 0.05) is 47.1 Å². The molecule has 2 nitrogen and oxygen atoms in total. The van der Waals surface area contributed by atoms with Gasteiger partial charge in [-0.1, -0.05) is 109 Å². The van der Waals surface area contributed by atoms with E-state index in [0.29, 0.717) is 0 Å². The van der Waals surface area contributed by atoms with Gasteiger partial charge >= 0.3 is 0 Å². The molecule has 3 heterocycles. The van der Waals surface area contributed by atoms with Crippen LogP contribution in [0.4, 0.5) is 0 Å². The number of furan rings is 2. The molecule has 12 aromatic rings. The Balaban J connectivity index is 1.10. The lowest BCUT2D eigenvalue weighted by molar-refractivity contribution is 0.669. The number of rotatable bonds is 2. The quantitative estimate of drug-likeness (QED) is 0.172. The Bertz CT molecular complexity index is 3370. The van der Waals surface area contributed by atoms with Crippen LogP contribution in [0.1, 0.15) is 0 Å². The third kappa shape index (κ3) is 3.76. The van der Waals surface area contributed by atoms with Crippen LogP contribution in [0.25, 0.3) is 119 Å². The van der Waals surface area contributed by atoms with Gasteiger partial charge in [-0.05, 0) is 97.7 Å². The van der Waals surface area contributed by atoms with Crippen LogP contribution in [0, 0.1) is 0 Å². The van der Waals surface area contributed by atoms with Gasteiger partial charge in [0.05, 0.1) is 0 Å². The second-order valence-electron chi connectivity index (χ2n) is 13.5. The number of thiophene rings is 1. The Labute approximate surface area is 295 Å². The van der Waals surface area contributed by atoms with Gasteiger partial charge in [-0.15, -0.1) is 11.3 Å². The summed E-state index contributed by atoms with van der Waals surface area (Å²) < 4.78 is 15.2. The summed E-state index contributed by atoms with van der Waals surface area (Å²) >= 11 is 1.87. The maximum atomic E-state index is 6.44. The molecule has 0 unspecified atom stereocenters. The van der Waals surface area contributed by atoms with Crippen molar-refractivity contribution in [3.05, 3.63) is 158 Å². The Morgan fingerprint density at radius 3 is 1.51 bits per heavy atom. The second-order valence-corrected chi connectivity index (χ2v) is 14.6. The fraction of sp³-hybridized carbons (Fsp3) is 0. The van der Waals surface area contributed by atoms with Crippen molar-refractivity contribution >= 4 is 108 Å². The number of hydrogen-bond donors (Lipinski definition) is 0. The van der Waals surface area contributed by atoms with Gasteiger partial charge < -0.3 is 8.83 Å². The van der Waals surface area contributed by atoms with Crippen LogP contribution in [0.2, 0.25) is 0 Å². The largest absolute Gasteiger partial charge is 0.456 e. The van der Waals surface area contributed by atoms with Gasteiger partial charge in [0.1, 0.15) is 22.3 Å². The highest BCUT2D eigenvalue weighted by Gasteiger charge is 2.20. The second kappa shape index (κ2) is 10.1. The van der Waals surface area contributed by atoms with E-state index in [0.717, 1.165) is 43.9 Å². The van der Waals surface area contributed by atoms with Crippen molar-refractivity contribution < 1.29 is 8.83 Å². The highest BCUT2D eigenvalue weighted by atomic mass is 32.1. The molecule has 0 N–H and O–H groups in total. The third-order valence-corrected chi connectivity index (χ3v) is 12.0. The van der Waals surface area contributed by atoms with Gasteiger partial charge in [-0.25, -0.2) is 0 Å². The Morgan fingerprint density at radius 1 is 0.314 bits per heavy atom. The van der Waals surface area contributed by atoms with E-state index < -0.39 is 0 Å². The van der Waals surface area contributed by atoms with Crippen molar-refractivity contribution in [3.8, 4) is 22.3 Å². The summed E-state index contributed by atoms with van der Waals surface area (Å²) in [6.45, 7) is 0. The van der Waals surface area contributed by atoms with Gasteiger partial charge in [0.25, 0.3) is 0 Å². The van der Waals surface area contributed by atoms with Gasteiger partial charge in [-0.3, -0.25) is 0 Å². The van der Waals surface area contributed by atoms with E-state index in [4.69, 9.17) is 8.83 Å². The summed E-state index contributed by atoms with van der Waals surface area (Å²) in [7, 11) is 0. The van der Waals surface area contributed by atoms with Crippen LogP contribution in [-0.2, 0) is 0 Å². The molecule has 0 amide bonds. The molecular weight excluding hydrogens is 641 g/mol. The summed E-state index contributed by atoms with van der Waals surface area (Å²) in [5, 5.41) is 14.6. The molecule has 0 saturated heterocycles. The summed E-state index contributed by atoms with van der Waals surface area (Å²) in [4.78, 5) is 0. The maximum Gasteiger partial charge on any atom is 0.143 e. The molecular formula is C48H26O2S. The zero-order valence-electron chi connectivity index (χ0n) is 27.2. The third-order valence-electron chi connectivity index (χ3n) is 10.9. The number of para-hydroxylation sites is 2. The molecule has 3 heteroatoms. The summed E-state index contributed by atoms with van der Waals surface area (Å²) in [6, 6.07) is 57.1. The highest BCUT2D eigenvalue weighted by molar-refractivity contribution is 7.26. The highest BCUT2D eigenvalue weighted by Crippen LogP contribution is 2.47. The molecule has 0 aliphatic heterocycles. The first-order valence-corrected chi connectivity index (χ1v) is 18.1. The summed E-state index contributed by atoms with van der Waals surface area (Å²) in [6.07, 6.45) is 0. The fourth-order valence-corrected chi connectivity index (χ4v) is 9.81. The van der Waals surface area contributed by atoms with Crippen molar-refractivity contribution in [3.63, 3.8) is 0 Å². The lowest BCUT2D eigenvalue weighted by Gasteiger charge is -2.18. The molecule has 3 aromatic heterocycles. The zero-order valence-corrected chi connectivity index (χ0v) is 28.1. The minimum atomic E-state index is 0.914. The van der Waals surface area contributed by atoms with E-state index in [-0.39, 0.29) is 0 Å². The minimum Gasteiger partial charge on any atom is -0.456 e. The maximum absolute atomic E-state index is 6.44. The first-order valence-electron chi connectivity index (χ1n) is 17.3. The van der Waals surface area contributed by atoms with Gasteiger partial charge in [0.2, 0.25) is 0 Å². The van der Waals surface area contributed by atoms with Gasteiger partial charge in [-0.2, -0.15) is 0 Å². The van der Waals surface area contributed by atoms with E-state index >= 15 is 0 Å². The molecule has 0 spiro atoms. The molecule has 236 valence electrons. The smallest absolute Gasteiger partial charge is 0.143 e. The lowest BCUT2D eigenvalue weighted by Crippen LogP contribution is -1.90. The van der Waals surface area contributed by atoms with Crippen LogP contribution in [-0.4, -0.2) is 0 Å². The average Bonchev–Trinajstić information content (AvgIpc) is 3.87. The standard InChI is InChI=1S/C48H26O2S/c1-3-13-33-31(11-1)45(27-18-23-42-39(25-27)30-10-6-7-15-40(30)49-42)32-12-2-4-14-34(32)46(33)28-17-19-38-44(26-28)51-43-24-22-37-35(47(38)43)20-21-36-29-9-5-8-16-41(29)50-48(36)37/h1-26H. The molecule has 51 heavy (non-hydrogen) atoms. The molecule has 0 saturated carbocycles. The SMILES string of the molecule is c1ccc2c(c1)oc1ccc(-c3c4ccccc4c(-c4ccc5c(c4)sc4ccc6c(ccc7c8ccccc8oc76)c45)c4ccccc34)cc12. The number of fused-ring (bicyclic) bond motifs is 14. The summed E-state index contributed by atoms with van der Waals surface area (Å²) in [5.74, 6) is 0. The zero-order chi connectivity index (χ0) is 33.2. The van der Waals surface area contributed by atoms with E-state index in [1.54, 1.807) is 0 Å². The molecule has 9 aromatic carbocycles. The Kier molecular flexibility index (Phi) is 5.41. The monoisotopic (exact) mass is 666 g/mol. The lowest BCUT2D eigenvalue weighted by atomic mass is 9.85. The van der Waals surface area contributed by atoms with Crippen LogP contribution < -0.4 is 0 Å². The van der Waals surface area contributed by atoms with Gasteiger partial charge in [0.15, 0.2) is 0 Å². The summed E-state index contributed by atoms with van der Waals surface area (Å²) in [5.41, 5.74) is 8.67. The molecule has 0 bridgehead atoms. The van der Waals surface area contributed by atoms with Crippen molar-refractivity contribution in [2.75, 3.05) is 0 Å². The predicted octanol–water partition coefficient (Wildman–Crippen LogP) is 14.6. The Hall–Kier alpha value is -6.42. The number of hydrogen-bond acceptors (Lipinski definition) is 3. The van der Waals surface area contributed by atoms with E-state index in [2.05, 4.69) is 140 Å². The van der Waals surface area contributed by atoms with E-state index in [9.17, 15) is 0 Å². The van der Waals surface area contributed by atoms with Crippen LogP contribution in [0.15, 0.2) is 167 Å². The molecule has 0 aliphatic rings. The van der Waals surface area contributed by atoms with Crippen molar-refractivity contribution in [1.82, 2.24) is 0 Å². The molecule has 0 radical (unpaired) electrons. The first kappa shape index (κ1) is 27.4. The normalized spacial score (nSPS) is 12.3. The topological polar surface area (TPSA) is 26.3 Å². The van der Waals surface area contributed by atoms with Crippen molar-refractivity contribution in [1.29, 1.82) is 0 Å². The van der Waals surface area contributed by atoms with Crippen LogP contribution in [0.5, 0.6) is 0 Å². The predicted molar refractivity (Wildman–Crippen MR) is 217 cm³/mol.